The second-order valence-corrected chi connectivity index (χ2v) is 11.1. The molecule has 0 radical (unpaired) electrons. The van der Waals surface area contributed by atoms with Crippen LogP contribution in [0, 0.1) is 0 Å². The van der Waals surface area contributed by atoms with E-state index in [0.29, 0.717) is 26.1 Å². The molecule has 0 saturated heterocycles. The molecule has 0 N–H and O–H groups in total. The highest BCUT2D eigenvalue weighted by molar-refractivity contribution is 7.94. The van der Waals surface area contributed by atoms with Gasteiger partial charge in [0.2, 0.25) is 0 Å². The molecule has 158 valence electrons. The van der Waals surface area contributed by atoms with Crippen LogP contribution >= 0.6 is 34.5 Å². The number of ketones is 1. The van der Waals surface area contributed by atoms with Crippen LogP contribution in [0.2, 0.25) is 9.36 Å². The molecule has 0 aliphatic heterocycles. The number of rotatable bonds is 6. The van der Waals surface area contributed by atoms with Gasteiger partial charge in [-0.3, -0.25) is 14.2 Å². The fraction of sp³-hybridized carbons (Fsp3) is 0.0952. The molecule has 3 aromatic heterocycles. The van der Waals surface area contributed by atoms with Gasteiger partial charge in [-0.1, -0.05) is 35.3 Å². The Bertz CT molecular complexity index is 1460. The largest absolute Gasteiger partial charge is 0.298 e. The van der Waals surface area contributed by atoms with Crippen LogP contribution in [-0.2, 0) is 21.1 Å². The number of halogens is 2. The second-order valence-electron chi connectivity index (χ2n) is 6.78. The Morgan fingerprint density at radius 2 is 1.87 bits per heavy atom. The van der Waals surface area contributed by atoms with E-state index in [-0.39, 0.29) is 16.2 Å². The van der Waals surface area contributed by atoms with E-state index in [9.17, 15) is 18.0 Å². The fourth-order valence-electron chi connectivity index (χ4n) is 3.08. The summed E-state index contributed by atoms with van der Waals surface area (Å²) in [4.78, 5) is 29.3. The van der Waals surface area contributed by atoms with E-state index < -0.39 is 21.4 Å². The summed E-state index contributed by atoms with van der Waals surface area (Å²) >= 11 is 12.7. The third kappa shape index (κ3) is 4.72. The number of carbonyl (C=O) groups is 1. The number of thiophene rings is 1. The predicted molar refractivity (Wildman–Crippen MR) is 122 cm³/mol. The molecule has 0 aliphatic carbocycles. The summed E-state index contributed by atoms with van der Waals surface area (Å²) in [6.07, 6.45) is 2.98. The van der Waals surface area contributed by atoms with Crippen molar-refractivity contribution in [1.29, 1.82) is 0 Å². The molecular formula is C21H14Cl2N2O4S2. The van der Waals surface area contributed by atoms with Crippen LogP contribution in [0.4, 0.5) is 0 Å². The summed E-state index contributed by atoms with van der Waals surface area (Å²) in [7, 11) is -3.73. The first-order valence-corrected chi connectivity index (χ1v) is 12.2. The molecule has 0 fully saturated rings. The Hall–Kier alpha value is -2.52. The highest BCUT2D eigenvalue weighted by Gasteiger charge is 2.21. The highest BCUT2D eigenvalue weighted by atomic mass is 35.5. The maximum atomic E-state index is 12.8. The Balaban J connectivity index is 1.52. The fourth-order valence-corrected chi connectivity index (χ4v) is 6.07. The predicted octanol–water partition coefficient (Wildman–Crippen LogP) is 4.34. The molecule has 31 heavy (non-hydrogen) atoms. The standard InChI is InChI=1S/C21H14Cl2N2O4S2/c22-15-3-2-14-7-8-25(21(27)17(14)10-15)19-5-1-13(11-24-19)9-16(26)12-31(28,29)20-6-4-18(23)30-20/h1-8,10-11H,9,12H2. The van der Waals surface area contributed by atoms with Crippen molar-refractivity contribution in [2.75, 3.05) is 5.75 Å². The van der Waals surface area contributed by atoms with E-state index in [1.165, 1.54) is 22.9 Å². The minimum Gasteiger partial charge on any atom is -0.298 e. The summed E-state index contributed by atoms with van der Waals surface area (Å²) in [6.45, 7) is 0. The lowest BCUT2D eigenvalue weighted by molar-refractivity contribution is -0.116. The second kappa shape index (κ2) is 8.55. The van der Waals surface area contributed by atoms with E-state index in [2.05, 4.69) is 4.98 Å². The Kier molecular flexibility index (Phi) is 5.98. The molecule has 4 rings (SSSR count). The van der Waals surface area contributed by atoms with Crippen molar-refractivity contribution in [3.05, 3.63) is 86.2 Å². The first-order valence-electron chi connectivity index (χ1n) is 8.99. The summed E-state index contributed by atoms with van der Waals surface area (Å²) in [5.74, 6) is -0.697. The average Bonchev–Trinajstić information content (AvgIpc) is 3.16. The molecule has 0 saturated carbocycles. The SMILES string of the molecule is O=C(Cc1ccc(-n2ccc3ccc(Cl)cc3c2=O)nc1)CS(=O)(=O)c1ccc(Cl)s1. The van der Waals surface area contributed by atoms with Gasteiger partial charge >= 0.3 is 0 Å². The molecule has 0 bridgehead atoms. The van der Waals surface area contributed by atoms with Crippen LogP contribution in [-0.4, -0.2) is 29.5 Å². The molecule has 0 spiro atoms. The summed E-state index contributed by atoms with van der Waals surface area (Å²) < 4.78 is 26.4. The zero-order valence-corrected chi connectivity index (χ0v) is 18.9. The molecule has 0 aliphatic rings. The number of aromatic nitrogens is 2. The van der Waals surface area contributed by atoms with Crippen molar-refractivity contribution in [3.63, 3.8) is 0 Å². The van der Waals surface area contributed by atoms with Crippen molar-refractivity contribution in [3.8, 4) is 5.82 Å². The molecule has 0 unspecified atom stereocenters. The Morgan fingerprint density at radius 3 is 2.55 bits per heavy atom. The van der Waals surface area contributed by atoms with E-state index in [1.807, 2.05) is 0 Å². The molecule has 0 atom stereocenters. The van der Waals surface area contributed by atoms with Crippen molar-refractivity contribution < 1.29 is 13.2 Å². The van der Waals surface area contributed by atoms with Gasteiger partial charge in [0.1, 0.15) is 15.8 Å². The zero-order valence-electron chi connectivity index (χ0n) is 15.8. The van der Waals surface area contributed by atoms with Gasteiger partial charge < -0.3 is 0 Å². The van der Waals surface area contributed by atoms with Crippen molar-refractivity contribution in [2.24, 2.45) is 0 Å². The molecule has 4 aromatic rings. The van der Waals surface area contributed by atoms with Crippen LogP contribution in [0.15, 0.2) is 69.9 Å². The van der Waals surface area contributed by atoms with Crippen molar-refractivity contribution in [2.45, 2.75) is 10.6 Å². The van der Waals surface area contributed by atoms with Gasteiger partial charge in [0.25, 0.3) is 5.56 Å². The lowest BCUT2D eigenvalue weighted by Crippen LogP contribution is -2.19. The van der Waals surface area contributed by atoms with E-state index in [0.717, 1.165) is 16.7 Å². The molecule has 3 heterocycles. The normalized spacial score (nSPS) is 11.7. The molecule has 6 nitrogen and oxygen atoms in total. The molecular weight excluding hydrogens is 479 g/mol. The molecule has 1 aromatic carbocycles. The maximum Gasteiger partial charge on any atom is 0.264 e. The van der Waals surface area contributed by atoms with Crippen LogP contribution in [0.5, 0.6) is 0 Å². The monoisotopic (exact) mass is 492 g/mol. The number of Topliss-reactive ketones (excluding diaryl/α,β-unsaturated/α-hetero) is 1. The average molecular weight is 493 g/mol. The summed E-state index contributed by atoms with van der Waals surface area (Å²) in [5, 5.41) is 1.69. The first kappa shape index (κ1) is 21.7. The lowest BCUT2D eigenvalue weighted by Gasteiger charge is -2.08. The van der Waals surface area contributed by atoms with Crippen molar-refractivity contribution in [1.82, 2.24) is 9.55 Å². The topological polar surface area (TPSA) is 86.1 Å². The van der Waals surface area contributed by atoms with Crippen LogP contribution in [0.1, 0.15) is 5.56 Å². The minimum atomic E-state index is -3.73. The van der Waals surface area contributed by atoms with E-state index in [4.69, 9.17) is 23.2 Å². The zero-order chi connectivity index (χ0) is 22.2. The third-order valence-corrected chi connectivity index (χ3v) is 8.25. The van der Waals surface area contributed by atoms with Crippen LogP contribution in [0.25, 0.3) is 16.6 Å². The summed E-state index contributed by atoms with van der Waals surface area (Å²) in [5.41, 5.74) is 0.280. The Morgan fingerprint density at radius 1 is 1.06 bits per heavy atom. The number of benzene rings is 1. The van der Waals surface area contributed by atoms with Crippen LogP contribution in [0.3, 0.4) is 0 Å². The van der Waals surface area contributed by atoms with Gasteiger partial charge in [-0.2, -0.15) is 0 Å². The third-order valence-electron chi connectivity index (χ3n) is 4.53. The first-order chi connectivity index (χ1) is 14.7. The van der Waals surface area contributed by atoms with Gasteiger partial charge in [-0.05, 0) is 47.3 Å². The van der Waals surface area contributed by atoms with Gasteiger partial charge in [0, 0.05) is 29.2 Å². The molecule has 0 amide bonds. The van der Waals surface area contributed by atoms with Gasteiger partial charge in [-0.25, -0.2) is 13.4 Å². The highest BCUT2D eigenvalue weighted by Crippen LogP contribution is 2.26. The number of carbonyl (C=O) groups excluding carboxylic acids is 1. The van der Waals surface area contributed by atoms with Crippen LogP contribution < -0.4 is 5.56 Å². The number of hydrogen-bond donors (Lipinski definition) is 0. The lowest BCUT2D eigenvalue weighted by atomic mass is 10.1. The van der Waals surface area contributed by atoms with Gasteiger partial charge in [0.15, 0.2) is 15.6 Å². The number of nitrogens with zero attached hydrogens (tertiary/aromatic N) is 2. The number of fused-ring (bicyclic) bond motifs is 1. The van der Waals surface area contributed by atoms with Gasteiger partial charge in [0.05, 0.1) is 4.34 Å². The molecule has 10 heteroatoms. The maximum absolute atomic E-state index is 12.8. The summed E-state index contributed by atoms with van der Waals surface area (Å²) in [6, 6.07) is 13.0. The number of hydrogen-bond acceptors (Lipinski definition) is 6. The van der Waals surface area contributed by atoms with Crippen molar-refractivity contribution >= 4 is 60.9 Å². The Labute approximate surface area is 191 Å². The number of sulfone groups is 1. The van der Waals surface area contributed by atoms with E-state index in [1.54, 1.807) is 42.6 Å². The smallest absolute Gasteiger partial charge is 0.264 e. The number of pyridine rings is 2. The quantitative estimate of drug-likeness (QED) is 0.399. The van der Waals surface area contributed by atoms with Gasteiger partial charge in [-0.15, -0.1) is 11.3 Å². The van der Waals surface area contributed by atoms with E-state index >= 15 is 0 Å². The minimum absolute atomic E-state index is 0.0649.